The molecule has 40 heavy (non-hydrogen) atoms. The Morgan fingerprint density at radius 1 is 0.900 bits per heavy atom. The molecule has 0 bridgehead atoms. The van der Waals surface area contributed by atoms with Gasteiger partial charge in [-0.2, -0.15) is 0 Å². The molecule has 0 aliphatic carbocycles. The third-order valence-corrected chi connectivity index (χ3v) is 6.82. The van der Waals surface area contributed by atoms with Crippen molar-refractivity contribution < 1.29 is 19.4 Å². The molecule has 0 saturated carbocycles. The fraction of sp³-hybridized carbons (Fsp3) is 0.257. The third kappa shape index (κ3) is 9.96. The number of ether oxygens (including phenoxy) is 1. The lowest BCUT2D eigenvalue weighted by Gasteiger charge is -2.17. The van der Waals surface area contributed by atoms with E-state index in [4.69, 9.17) is 4.74 Å². The van der Waals surface area contributed by atoms with E-state index >= 15 is 0 Å². The number of aliphatic hydroxyl groups excluding tert-OH is 1. The normalized spacial score (nSPS) is 11.0. The van der Waals surface area contributed by atoms with Crippen LogP contribution in [-0.4, -0.2) is 23.4 Å². The molecule has 1 atom stereocenters. The Labute approximate surface area is 237 Å². The third-order valence-electron chi connectivity index (χ3n) is 6.82. The van der Waals surface area contributed by atoms with Crippen molar-refractivity contribution in [2.45, 2.75) is 51.4 Å². The Balaban J connectivity index is 1.42. The molecule has 3 rings (SSSR count). The number of Topliss-reactive ketones (excluding diaryl/α,β-unsaturated/α-hetero) is 1. The van der Waals surface area contributed by atoms with Gasteiger partial charge in [0, 0.05) is 18.5 Å². The van der Waals surface area contributed by atoms with Gasteiger partial charge in [-0.15, -0.1) is 5.73 Å². The first kappa shape index (κ1) is 30.0. The zero-order valence-electron chi connectivity index (χ0n) is 23.1. The number of nitrogens with one attached hydrogen (secondary N) is 1. The van der Waals surface area contributed by atoms with Crippen molar-refractivity contribution in [3.63, 3.8) is 0 Å². The van der Waals surface area contributed by atoms with Crippen molar-refractivity contribution in [3.8, 4) is 5.75 Å². The van der Waals surface area contributed by atoms with Crippen LogP contribution in [0.15, 0.2) is 115 Å². The van der Waals surface area contributed by atoms with E-state index < -0.39 is 0 Å². The number of aryl methyl sites for hydroxylation is 1. The number of anilines is 1. The summed E-state index contributed by atoms with van der Waals surface area (Å²) in [6.07, 6.45) is 3.16. The van der Waals surface area contributed by atoms with Gasteiger partial charge in [-0.1, -0.05) is 73.5 Å². The number of aliphatic hydroxyl groups is 1. The van der Waals surface area contributed by atoms with Crippen LogP contribution >= 0.6 is 0 Å². The van der Waals surface area contributed by atoms with Crippen LogP contribution in [0.1, 0.15) is 54.7 Å². The Kier molecular flexibility index (Phi) is 11.8. The number of ketones is 1. The maximum absolute atomic E-state index is 12.5. The summed E-state index contributed by atoms with van der Waals surface area (Å²) < 4.78 is 5.67. The number of allylic oxidation sites excluding steroid dienone is 2. The van der Waals surface area contributed by atoms with Gasteiger partial charge in [-0.25, -0.2) is 0 Å². The highest BCUT2D eigenvalue weighted by Gasteiger charge is 2.15. The first-order valence-electron chi connectivity index (χ1n) is 13.5. The van der Waals surface area contributed by atoms with Gasteiger partial charge in [0.05, 0.1) is 6.42 Å². The van der Waals surface area contributed by atoms with Crippen molar-refractivity contribution in [1.82, 2.24) is 0 Å². The molecule has 0 aromatic heterocycles. The van der Waals surface area contributed by atoms with Crippen LogP contribution in [0, 0.1) is 6.92 Å². The molecule has 5 heteroatoms. The summed E-state index contributed by atoms with van der Waals surface area (Å²) >= 11 is 0. The van der Waals surface area contributed by atoms with Crippen LogP contribution in [0.4, 0.5) is 5.69 Å². The van der Waals surface area contributed by atoms with Crippen LogP contribution in [0.5, 0.6) is 5.75 Å². The second kappa shape index (κ2) is 15.8. The van der Waals surface area contributed by atoms with Gasteiger partial charge in [0.25, 0.3) is 0 Å². The monoisotopic (exact) mass is 535 g/mol. The Bertz CT molecular complexity index is 1380. The Hall–Kier alpha value is -4.56. The van der Waals surface area contributed by atoms with E-state index in [0.717, 1.165) is 35.1 Å². The summed E-state index contributed by atoms with van der Waals surface area (Å²) in [5, 5.41) is 12.9. The van der Waals surface area contributed by atoms with Crippen molar-refractivity contribution in [1.29, 1.82) is 0 Å². The molecule has 0 aliphatic heterocycles. The van der Waals surface area contributed by atoms with Crippen molar-refractivity contribution in [2.75, 3.05) is 11.9 Å². The molecule has 1 amide bonds. The molecule has 0 radical (unpaired) electrons. The minimum absolute atomic E-state index is 0.0183. The van der Waals surface area contributed by atoms with Crippen LogP contribution in [0.2, 0.25) is 0 Å². The average molecular weight is 536 g/mol. The topological polar surface area (TPSA) is 75.6 Å². The summed E-state index contributed by atoms with van der Waals surface area (Å²) in [6, 6.07) is 24.8. The van der Waals surface area contributed by atoms with E-state index in [9.17, 15) is 14.7 Å². The molecule has 5 nitrogen and oxygen atoms in total. The molecule has 3 aromatic carbocycles. The SMILES string of the molecule is C=C=C(O)CC(CCC(=C=C)CCC(=O)COc1ccc(NC(=O)Cc2ccccc2C)cc1)c1ccccc1. The number of rotatable bonds is 15. The Morgan fingerprint density at radius 3 is 2.27 bits per heavy atom. The van der Waals surface area contributed by atoms with Gasteiger partial charge >= 0.3 is 0 Å². The molecule has 0 saturated heterocycles. The van der Waals surface area contributed by atoms with Gasteiger partial charge in [-0.3, -0.25) is 9.59 Å². The van der Waals surface area contributed by atoms with Crippen molar-refractivity contribution >= 4 is 17.4 Å². The smallest absolute Gasteiger partial charge is 0.228 e. The summed E-state index contributed by atoms with van der Waals surface area (Å²) in [6.45, 7) is 9.29. The number of carbonyl (C=O) groups is 2. The van der Waals surface area contributed by atoms with Crippen molar-refractivity contribution in [3.05, 3.63) is 132 Å². The number of hydrogen-bond donors (Lipinski definition) is 2. The highest BCUT2D eigenvalue weighted by Crippen LogP contribution is 2.29. The molecule has 1 unspecified atom stereocenters. The predicted molar refractivity (Wildman–Crippen MR) is 161 cm³/mol. The predicted octanol–water partition coefficient (Wildman–Crippen LogP) is 7.80. The molecule has 3 aromatic rings. The lowest BCUT2D eigenvalue weighted by molar-refractivity contribution is -0.121. The molecule has 0 spiro atoms. The molecule has 2 N–H and O–H groups in total. The quantitative estimate of drug-likeness (QED) is 0.154. The number of benzene rings is 3. The molecule has 0 heterocycles. The second-order valence-corrected chi connectivity index (χ2v) is 9.76. The van der Waals surface area contributed by atoms with E-state index in [1.54, 1.807) is 24.3 Å². The van der Waals surface area contributed by atoms with E-state index in [-0.39, 0.29) is 30.0 Å². The van der Waals surface area contributed by atoms with E-state index in [1.807, 2.05) is 61.5 Å². The van der Waals surface area contributed by atoms with Crippen LogP contribution in [0.3, 0.4) is 0 Å². The van der Waals surface area contributed by atoms with Crippen LogP contribution < -0.4 is 10.1 Å². The summed E-state index contributed by atoms with van der Waals surface area (Å²) in [4.78, 5) is 24.9. The lowest BCUT2D eigenvalue weighted by atomic mass is 9.88. The van der Waals surface area contributed by atoms with Crippen LogP contribution in [0.25, 0.3) is 0 Å². The lowest BCUT2D eigenvalue weighted by Crippen LogP contribution is -2.15. The molecular formula is C35H37NO4. The summed E-state index contributed by atoms with van der Waals surface area (Å²) in [7, 11) is 0. The molecule has 0 fully saturated rings. The van der Waals surface area contributed by atoms with Gasteiger partial charge in [0.1, 0.15) is 18.1 Å². The van der Waals surface area contributed by atoms with Gasteiger partial charge < -0.3 is 15.2 Å². The zero-order chi connectivity index (χ0) is 28.7. The largest absolute Gasteiger partial charge is 0.505 e. The highest BCUT2D eigenvalue weighted by molar-refractivity contribution is 5.92. The minimum atomic E-state index is -0.0896. The van der Waals surface area contributed by atoms with Gasteiger partial charge in [-0.05, 0) is 78.6 Å². The molecule has 0 aliphatic rings. The first-order valence-corrected chi connectivity index (χ1v) is 13.5. The molecule has 206 valence electrons. The highest BCUT2D eigenvalue weighted by atomic mass is 16.5. The fourth-order valence-corrected chi connectivity index (χ4v) is 4.41. The molecular weight excluding hydrogens is 498 g/mol. The standard InChI is InChI=1S/C35H37NO4/c1-4-27(15-17-30(23-32(37)5-2)28-12-7-6-8-13-28)16-20-33(38)25-40-34-21-18-31(19-22-34)36-35(39)24-29-14-10-9-11-26(29)3/h6-14,18-19,21-22,30,37H,1-2,15-17,20,23-25H2,3H3,(H,36,39). The number of carbonyl (C=O) groups excluding carboxylic acids is 2. The number of amides is 1. The maximum Gasteiger partial charge on any atom is 0.228 e. The zero-order valence-corrected chi connectivity index (χ0v) is 23.1. The van der Waals surface area contributed by atoms with E-state index in [0.29, 0.717) is 37.1 Å². The first-order chi connectivity index (χ1) is 19.4. The minimum Gasteiger partial charge on any atom is -0.505 e. The van der Waals surface area contributed by atoms with Gasteiger partial charge in [0.15, 0.2) is 5.78 Å². The Morgan fingerprint density at radius 2 is 1.60 bits per heavy atom. The van der Waals surface area contributed by atoms with E-state index in [1.165, 1.54) is 0 Å². The van der Waals surface area contributed by atoms with Gasteiger partial charge in [0.2, 0.25) is 5.91 Å². The van der Waals surface area contributed by atoms with E-state index in [2.05, 4.69) is 29.9 Å². The second-order valence-electron chi connectivity index (χ2n) is 9.76. The maximum atomic E-state index is 12.5. The summed E-state index contributed by atoms with van der Waals surface area (Å²) in [5.74, 6) is 0.699. The van der Waals surface area contributed by atoms with Crippen LogP contribution in [-0.2, 0) is 16.0 Å². The number of hydrogen-bond acceptors (Lipinski definition) is 4. The average Bonchev–Trinajstić information content (AvgIpc) is 2.97. The summed E-state index contributed by atoms with van der Waals surface area (Å²) in [5.41, 5.74) is 10.4. The fourth-order valence-electron chi connectivity index (χ4n) is 4.41. The van der Waals surface area contributed by atoms with Crippen molar-refractivity contribution in [2.24, 2.45) is 0 Å².